The highest BCUT2D eigenvalue weighted by molar-refractivity contribution is 5.41. The summed E-state index contributed by atoms with van der Waals surface area (Å²) in [5.41, 5.74) is -1.98. The summed E-state index contributed by atoms with van der Waals surface area (Å²) in [5, 5.41) is 0. The summed E-state index contributed by atoms with van der Waals surface area (Å²) in [6, 6.07) is 1.45. The average molecular weight is 484 g/mol. The Bertz CT molecular complexity index is 1130. The molecule has 0 bridgehead atoms. The summed E-state index contributed by atoms with van der Waals surface area (Å²) in [7, 11) is 0. The number of halogens is 7. The second-order valence-electron chi connectivity index (χ2n) is 7.41. The predicted molar refractivity (Wildman–Crippen MR) is 110 cm³/mol. The second kappa shape index (κ2) is 10.7. The third kappa shape index (κ3) is 6.13. The average Bonchev–Trinajstić information content (AvgIpc) is 2.76. The minimum absolute atomic E-state index is 0.133. The molecule has 0 aliphatic heterocycles. The molecule has 3 rings (SSSR count). The number of hydrogen-bond donors (Lipinski definition) is 0. The van der Waals surface area contributed by atoms with E-state index in [2.05, 4.69) is 16.6 Å². The summed E-state index contributed by atoms with van der Waals surface area (Å²) in [6.07, 6.45) is 3.10. The topological polar surface area (TPSA) is 18.5 Å². The van der Waals surface area contributed by atoms with Crippen molar-refractivity contribution < 1.29 is 40.2 Å². The van der Waals surface area contributed by atoms with Crippen LogP contribution in [0.2, 0.25) is 0 Å². The molecule has 0 aromatic heterocycles. The van der Waals surface area contributed by atoms with Crippen molar-refractivity contribution in [3.05, 3.63) is 88.5 Å². The van der Waals surface area contributed by atoms with Gasteiger partial charge in [0.15, 0.2) is 17.5 Å². The van der Waals surface area contributed by atoms with Crippen LogP contribution in [0.4, 0.5) is 30.7 Å². The number of rotatable bonds is 7. The van der Waals surface area contributed by atoms with Gasteiger partial charge in [-0.1, -0.05) is 31.3 Å². The fraction of sp³-hybridized carbons (Fsp3) is 0.280. The van der Waals surface area contributed by atoms with Gasteiger partial charge in [0.25, 0.3) is 0 Å². The Morgan fingerprint density at radius 3 is 2.18 bits per heavy atom. The van der Waals surface area contributed by atoms with Crippen molar-refractivity contribution in [2.75, 3.05) is 6.61 Å². The van der Waals surface area contributed by atoms with Gasteiger partial charge in [-0.3, -0.25) is 0 Å². The van der Waals surface area contributed by atoms with E-state index in [9.17, 15) is 30.7 Å². The van der Waals surface area contributed by atoms with Gasteiger partial charge < -0.3 is 9.47 Å². The predicted octanol–water partition coefficient (Wildman–Crippen LogP) is 7.14. The zero-order valence-electron chi connectivity index (χ0n) is 17.9. The molecule has 1 unspecified atom stereocenters. The maximum atomic E-state index is 14.4. The van der Waals surface area contributed by atoms with Crippen LogP contribution < -0.4 is 4.74 Å². The van der Waals surface area contributed by atoms with Crippen molar-refractivity contribution in [1.82, 2.24) is 0 Å². The molecule has 0 saturated carbocycles. The summed E-state index contributed by atoms with van der Waals surface area (Å²) in [5.74, 6) is -4.26. The van der Waals surface area contributed by atoms with Crippen molar-refractivity contribution >= 4 is 0 Å². The Hall–Kier alpha value is -3.41. The molecule has 1 aliphatic rings. The highest BCUT2D eigenvalue weighted by Gasteiger charge is 2.41. The van der Waals surface area contributed by atoms with Crippen LogP contribution in [0.1, 0.15) is 37.3 Å². The van der Waals surface area contributed by atoms with E-state index in [1.54, 1.807) is 12.2 Å². The molecule has 1 atom stereocenters. The Labute approximate surface area is 191 Å². The summed E-state index contributed by atoms with van der Waals surface area (Å²) in [4.78, 5) is 0. The van der Waals surface area contributed by atoms with Gasteiger partial charge in [0.1, 0.15) is 28.7 Å². The Balaban J connectivity index is 1.74. The zero-order chi connectivity index (χ0) is 24.9. The van der Waals surface area contributed by atoms with Crippen molar-refractivity contribution in [1.29, 1.82) is 0 Å². The molecule has 0 radical (unpaired) electrons. The van der Waals surface area contributed by atoms with Crippen molar-refractivity contribution in [2.24, 2.45) is 5.92 Å². The number of benzene rings is 2. The summed E-state index contributed by atoms with van der Waals surface area (Å²) in [6.45, 7) is 2.63. The standard InChI is InChI=1S/C25H19F7O2/c1-2-3-10-33-17-8-6-15(7-9-17)4-5-16-11-19(26)23(20(27)12-16)25(31,32)34-18-13-21(28)24(30)22(29)14-18/h6,8-9,11-15H,2-3,7,10H2,1H3. The molecule has 180 valence electrons. The van der Waals surface area contributed by atoms with Crippen LogP contribution in [0.3, 0.4) is 0 Å². The SMILES string of the molecule is CCCCOC1=CCC(C#Cc2cc(F)c(C(F)(F)Oc3cc(F)c(F)c(F)c3)c(F)c2)C=C1. The molecule has 0 amide bonds. The molecule has 34 heavy (non-hydrogen) atoms. The first-order valence-electron chi connectivity index (χ1n) is 10.3. The molecule has 0 heterocycles. The van der Waals surface area contributed by atoms with Gasteiger partial charge in [-0.05, 0) is 37.1 Å². The molecule has 0 saturated heterocycles. The lowest BCUT2D eigenvalue weighted by Gasteiger charge is -2.19. The van der Waals surface area contributed by atoms with Crippen molar-refractivity contribution in [2.45, 2.75) is 32.3 Å². The molecule has 9 heteroatoms. The van der Waals surface area contributed by atoms with Gasteiger partial charge in [0.2, 0.25) is 0 Å². The maximum Gasteiger partial charge on any atom is 0.432 e. The normalized spacial score (nSPS) is 15.4. The van der Waals surface area contributed by atoms with E-state index in [1.807, 2.05) is 13.0 Å². The number of hydrogen-bond acceptors (Lipinski definition) is 2. The molecule has 2 nitrogen and oxygen atoms in total. The molecule has 2 aromatic rings. The zero-order valence-corrected chi connectivity index (χ0v) is 17.9. The van der Waals surface area contributed by atoms with E-state index in [1.165, 1.54) is 0 Å². The Morgan fingerprint density at radius 2 is 1.62 bits per heavy atom. The number of unbranched alkanes of at least 4 members (excludes halogenated alkanes) is 1. The lowest BCUT2D eigenvalue weighted by atomic mass is 10.00. The molecule has 0 spiro atoms. The third-order valence-electron chi connectivity index (χ3n) is 4.77. The fourth-order valence-corrected chi connectivity index (χ4v) is 3.04. The van der Waals surface area contributed by atoms with E-state index in [0.29, 0.717) is 30.9 Å². The molecular weight excluding hydrogens is 465 g/mol. The minimum atomic E-state index is -4.65. The molecule has 0 fully saturated rings. The summed E-state index contributed by atoms with van der Waals surface area (Å²) >= 11 is 0. The number of ether oxygens (including phenoxy) is 2. The van der Waals surface area contributed by atoms with Crippen LogP contribution in [0.25, 0.3) is 0 Å². The largest absolute Gasteiger partial charge is 0.494 e. The van der Waals surface area contributed by atoms with E-state index >= 15 is 0 Å². The Kier molecular flexibility index (Phi) is 7.92. The van der Waals surface area contributed by atoms with Gasteiger partial charge in [-0.2, -0.15) is 8.78 Å². The van der Waals surface area contributed by atoms with Crippen LogP contribution in [-0.2, 0) is 10.8 Å². The molecule has 1 aliphatic carbocycles. The highest BCUT2D eigenvalue weighted by Crippen LogP contribution is 2.36. The van der Waals surface area contributed by atoms with Crippen molar-refractivity contribution in [3.8, 4) is 17.6 Å². The number of alkyl halides is 2. The first-order chi connectivity index (χ1) is 16.1. The summed E-state index contributed by atoms with van der Waals surface area (Å²) < 4.78 is 107. The lowest BCUT2D eigenvalue weighted by molar-refractivity contribution is -0.189. The van der Waals surface area contributed by atoms with Crippen LogP contribution in [-0.4, -0.2) is 6.61 Å². The second-order valence-corrected chi connectivity index (χ2v) is 7.41. The van der Waals surface area contributed by atoms with Crippen LogP contribution in [0.5, 0.6) is 5.75 Å². The smallest absolute Gasteiger partial charge is 0.432 e. The van der Waals surface area contributed by atoms with E-state index in [4.69, 9.17) is 4.74 Å². The fourth-order valence-electron chi connectivity index (χ4n) is 3.04. The first kappa shape index (κ1) is 25.2. The van der Waals surface area contributed by atoms with E-state index in [0.717, 1.165) is 12.8 Å². The van der Waals surface area contributed by atoms with E-state index < -0.39 is 46.5 Å². The quantitative estimate of drug-likeness (QED) is 0.180. The van der Waals surface area contributed by atoms with Crippen LogP contribution >= 0.6 is 0 Å². The minimum Gasteiger partial charge on any atom is -0.494 e. The lowest BCUT2D eigenvalue weighted by Crippen LogP contribution is -2.25. The first-order valence-corrected chi connectivity index (χ1v) is 10.3. The third-order valence-corrected chi connectivity index (χ3v) is 4.77. The molecule has 0 N–H and O–H groups in total. The van der Waals surface area contributed by atoms with Gasteiger partial charge in [0.05, 0.1) is 6.61 Å². The Morgan fingerprint density at radius 1 is 0.971 bits per heavy atom. The molecule has 2 aromatic carbocycles. The van der Waals surface area contributed by atoms with Crippen molar-refractivity contribution in [3.63, 3.8) is 0 Å². The van der Waals surface area contributed by atoms with E-state index in [-0.39, 0.29) is 23.6 Å². The van der Waals surface area contributed by atoms with Gasteiger partial charge >= 0.3 is 6.11 Å². The molecular formula is C25H19F7O2. The van der Waals surface area contributed by atoms with Crippen LogP contribution in [0.15, 0.2) is 48.3 Å². The highest BCUT2D eigenvalue weighted by atomic mass is 19.3. The monoisotopic (exact) mass is 484 g/mol. The number of allylic oxidation sites excluding steroid dienone is 3. The van der Waals surface area contributed by atoms with Gasteiger partial charge in [-0.25, -0.2) is 22.0 Å². The van der Waals surface area contributed by atoms with Gasteiger partial charge in [-0.15, -0.1) is 0 Å². The maximum absolute atomic E-state index is 14.4. The van der Waals surface area contributed by atoms with Crippen LogP contribution in [0, 0.1) is 46.8 Å². The van der Waals surface area contributed by atoms with Gasteiger partial charge in [0, 0.05) is 23.6 Å².